The SMILES string of the molecule is CCn1c(=O)oc2cc(S(=O)(=O)NCC3(CO)CCCCC3)ccc21. The van der Waals surface area contributed by atoms with Gasteiger partial charge in [-0.2, -0.15) is 0 Å². The molecule has 1 heterocycles. The summed E-state index contributed by atoms with van der Waals surface area (Å²) in [5.74, 6) is -0.499. The van der Waals surface area contributed by atoms with Gasteiger partial charge in [0.15, 0.2) is 5.58 Å². The van der Waals surface area contributed by atoms with E-state index in [0.29, 0.717) is 12.1 Å². The molecule has 1 saturated carbocycles. The fraction of sp³-hybridized carbons (Fsp3) is 0.588. The summed E-state index contributed by atoms with van der Waals surface area (Å²) in [5, 5.41) is 9.72. The Hall–Kier alpha value is -1.64. The second-order valence-corrected chi connectivity index (χ2v) is 8.55. The minimum Gasteiger partial charge on any atom is -0.408 e. The van der Waals surface area contributed by atoms with Crippen LogP contribution in [0.2, 0.25) is 0 Å². The maximum absolute atomic E-state index is 12.6. The van der Waals surface area contributed by atoms with Crippen molar-refractivity contribution < 1.29 is 17.9 Å². The molecule has 0 aliphatic heterocycles. The van der Waals surface area contributed by atoms with Crippen LogP contribution in [0, 0.1) is 5.41 Å². The minimum absolute atomic E-state index is 0.0250. The first-order valence-corrected chi connectivity index (χ1v) is 10.1. The highest BCUT2D eigenvalue weighted by Crippen LogP contribution is 2.35. The van der Waals surface area contributed by atoms with E-state index in [1.807, 2.05) is 6.92 Å². The van der Waals surface area contributed by atoms with E-state index in [0.717, 1.165) is 32.1 Å². The van der Waals surface area contributed by atoms with Gasteiger partial charge in [-0.3, -0.25) is 4.57 Å². The van der Waals surface area contributed by atoms with Crippen molar-refractivity contribution in [3.63, 3.8) is 0 Å². The van der Waals surface area contributed by atoms with Crippen molar-refractivity contribution in [3.05, 3.63) is 28.7 Å². The Labute approximate surface area is 146 Å². The van der Waals surface area contributed by atoms with Crippen LogP contribution >= 0.6 is 0 Å². The molecule has 1 aromatic carbocycles. The van der Waals surface area contributed by atoms with Gasteiger partial charge in [-0.15, -0.1) is 0 Å². The molecule has 7 nitrogen and oxygen atoms in total. The highest BCUT2D eigenvalue weighted by Gasteiger charge is 2.33. The molecule has 0 atom stereocenters. The number of fused-ring (bicyclic) bond motifs is 1. The molecule has 2 aromatic rings. The molecule has 1 aromatic heterocycles. The summed E-state index contributed by atoms with van der Waals surface area (Å²) in [4.78, 5) is 11.8. The first kappa shape index (κ1) is 18.2. The van der Waals surface area contributed by atoms with Crippen LogP contribution in [-0.4, -0.2) is 31.2 Å². The largest absolute Gasteiger partial charge is 0.419 e. The molecule has 0 spiro atoms. The van der Waals surface area contributed by atoms with Gasteiger partial charge in [0.05, 0.1) is 10.4 Å². The van der Waals surface area contributed by atoms with Gasteiger partial charge in [-0.1, -0.05) is 19.3 Å². The van der Waals surface area contributed by atoms with Gasteiger partial charge < -0.3 is 9.52 Å². The molecule has 1 fully saturated rings. The molecule has 0 saturated heterocycles. The van der Waals surface area contributed by atoms with E-state index in [1.54, 1.807) is 6.07 Å². The number of sulfonamides is 1. The van der Waals surface area contributed by atoms with Gasteiger partial charge in [0.1, 0.15) is 0 Å². The Morgan fingerprint density at radius 1 is 1.28 bits per heavy atom. The summed E-state index contributed by atoms with van der Waals surface area (Å²) >= 11 is 0. The molecule has 1 aliphatic carbocycles. The standard InChI is InChI=1S/C17H24N2O5S/c1-2-19-14-7-6-13(10-15(14)24-16(19)21)25(22,23)18-11-17(12-20)8-4-3-5-9-17/h6-7,10,18,20H,2-5,8-9,11-12H2,1H3. The Kier molecular flexibility index (Phi) is 5.04. The second kappa shape index (κ2) is 6.93. The van der Waals surface area contributed by atoms with Crippen molar-refractivity contribution >= 4 is 21.1 Å². The van der Waals surface area contributed by atoms with Crippen LogP contribution in [0.15, 0.2) is 32.3 Å². The molecule has 8 heteroatoms. The predicted molar refractivity (Wildman–Crippen MR) is 93.9 cm³/mol. The van der Waals surface area contributed by atoms with Gasteiger partial charge in [0.2, 0.25) is 10.0 Å². The zero-order valence-electron chi connectivity index (χ0n) is 14.3. The summed E-state index contributed by atoms with van der Waals surface area (Å²) < 4.78 is 34.4. The third-order valence-corrected chi connectivity index (χ3v) is 6.55. The number of oxazole rings is 1. The molecule has 2 N–H and O–H groups in total. The van der Waals surface area contributed by atoms with Crippen molar-refractivity contribution in [2.45, 2.75) is 50.5 Å². The van der Waals surface area contributed by atoms with Crippen LogP contribution in [0.3, 0.4) is 0 Å². The molecule has 0 radical (unpaired) electrons. The zero-order valence-corrected chi connectivity index (χ0v) is 15.1. The smallest absolute Gasteiger partial charge is 0.408 e. The number of aryl methyl sites for hydroxylation is 1. The van der Waals surface area contributed by atoms with Crippen LogP contribution in [0.5, 0.6) is 0 Å². The normalized spacial score (nSPS) is 17.8. The lowest BCUT2D eigenvalue weighted by Gasteiger charge is -2.35. The number of hydrogen-bond donors (Lipinski definition) is 2. The third kappa shape index (κ3) is 3.51. The van der Waals surface area contributed by atoms with Crippen molar-refractivity contribution in [1.29, 1.82) is 0 Å². The van der Waals surface area contributed by atoms with E-state index >= 15 is 0 Å². The Balaban J connectivity index is 1.84. The first-order valence-electron chi connectivity index (χ1n) is 8.65. The predicted octanol–water partition coefficient (Wildman–Crippen LogP) is 1.84. The molecule has 0 bridgehead atoms. The van der Waals surface area contributed by atoms with Crippen LogP contribution in [0.4, 0.5) is 0 Å². The first-order chi connectivity index (χ1) is 11.9. The van der Waals surface area contributed by atoms with Gasteiger partial charge in [0, 0.05) is 31.2 Å². The summed E-state index contributed by atoms with van der Waals surface area (Å²) in [7, 11) is -3.74. The Morgan fingerprint density at radius 3 is 2.64 bits per heavy atom. The lowest BCUT2D eigenvalue weighted by atomic mass is 9.75. The van der Waals surface area contributed by atoms with E-state index in [4.69, 9.17) is 4.42 Å². The topological polar surface area (TPSA) is 102 Å². The van der Waals surface area contributed by atoms with Crippen molar-refractivity contribution in [2.24, 2.45) is 5.41 Å². The molecule has 25 heavy (non-hydrogen) atoms. The number of nitrogens with zero attached hydrogens (tertiary/aromatic N) is 1. The highest BCUT2D eigenvalue weighted by molar-refractivity contribution is 7.89. The summed E-state index contributed by atoms with van der Waals surface area (Å²) in [5.41, 5.74) is 0.447. The van der Waals surface area contributed by atoms with Gasteiger partial charge in [-0.25, -0.2) is 17.9 Å². The van der Waals surface area contributed by atoms with Crippen molar-refractivity contribution in [1.82, 2.24) is 9.29 Å². The van der Waals surface area contributed by atoms with E-state index in [9.17, 15) is 18.3 Å². The highest BCUT2D eigenvalue weighted by atomic mass is 32.2. The minimum atomic E-state index is -3.74. The van der Waals surface area contributed by atoms with Crippen molar-refractivity contribution in [3.8, 4) is 0 Å². The number of aromatic nitrogens is 1. The number of hydrogen-bond acceptors (Lipinski definition) is 5. The lowest BCUT2D eigenvalue weighted by molar-refractivity contribution is 0.0867. The molecular formula is C17H24N2O5S. The van der Waals surface area contributed by atoms with Crippen LogP contribution in [-0.2, 0) is 16.6 Å². The summed E-state index contributed by atoms with van der Waals surface area (Å²) in [6.07, 6.45) is 4.77. The second-order valence-electron chi connectivity index (χ2n) is 6.79. The number of rotatable bonds is 6. The van der Waals surface area contributed by atoms with Gasteiger partial charge in [-0.05, 0) is 31.9 Å². The van der Waals surface area contributed by atoms with Gasteiger partial charge >= 0.3 is 5.76 Å². The van der Waals surface area contributed by atoms with Gasteiger partial charge in [0.25, 0.3) is 0 Å². The monoisotopic (exact) mass is 368 g/mol. The molecule has 0 amide bonds. The Bertz CT molecular complexity index is 907. The number of aliphatic hydroxyl groups excluding tert-OH is 1. The quantitative estimate of drug-likeness (QED) is 0.810. The summed E-state index contributed by atoms with van der Waals surface area (Å²) in [6.45, 7) is 2.46. The molecule has 138 valence electrons. The molecule has 1 aliphatic rings. The Morgan fingerprint density at radius 2 is 2.00 bits per heavy atom. The third-order valence-electron chi connectivity index (χ3n) is 5.15. The maximum Gasteiger partial charge on any atom is 0.419 e. The average molecular weight is 368 g/mol. The zero-order chi connectivity index (χ0) is 18.1. The van der Waals surface area contributed by atoms with Crippen LogP contribution in [0.25, 0.3) is 11.1 Å². The van der Waals surface area contributed by atoms with Crippen molar-refractivity contribution in [2.75, 3.05) is 13.2 Å². The number of nitrogens with one attached hydrogen (secondary N) is 1. The van der Waals surface area contributed by atoms with E-state index < -0.39 is 15.8 Å². The summed E-state index contributed by atoms with van der Waals surface area (Å²) in [6, 6.07) is 4.43. The molecule has 3 rings (SSSR count). The van der Waals surface area contributed by atoms with E-state index in [2.05, 4.69) is 4.72 Å². The maximum atomic E-state index is 12.6. The van der Waals surface area contributed by atoms with Crippen LogP contribution < -0.4 is 10.5 Å². The lowest BCUT2D eigenvalue weighted by Crippen LogP contribution is -2.41. The fourth-order valence-electron chi connectivity index (χ4n) is 3.54. The fourth-order valence-corrected chi connectivity index (χ4v) is 4.71. The average Bonchev–Trinajstić information content (AvgIpc) is 2.95. The molecular weight excluding hydrogens is 344 g/mol. The van der Waals surface area contributed by atoms with E-state index in [-0.39, 0.29) is 29.0 Å². The van der Waals surface area contributed by atoms with Crippen LogP contribution in [0.1, 0.15) is 39.0 Å². The number of aliphatic hydroxyl groups is 1. The molecule has 0 unspecified atom stereocenters. The van der Waals surface area contributed by atoms with E-state index in [1.165, 1.54) is 16.7 Å². The number of benzene rings is 1.